The van der Waals surface area contributed by atoms with Crippen molar-refractivity contribution in [2.45, 2.75) is 11.8 Å². The summed E-state index contributed by atoms with van der Waals surface area (Å²) >= 11 is 0. The van der Waals surface area contributed by atoms with E-state index in [9.17, 15) is 0 Å². The fourth-order valence-electron chi connectivity index (χ4n) is 4.24. The summed E-state index contributed by atoms with van der Waals surface area (Å²) in [6.45, 7) is 0.261. The third kappa shape index (κ3) is 2.42. The summed E-state index contributed by atoms with van der Waals surface area (Å²) in [7, 11) is 0. The van der Waals surface area contributed by atoms with Crippen LogP contribution in [0.4, 0.5) is 0 Å². The maximum Gasteiger partial charge on any atom is 0.247 e. The summed E-state index contributed by atoms with van der Waals surface area (Å²) in [6, 6.07) is 16.7. The number of ether oxygens (including phenoxy) is 2. The number of nitrogens with zero attached hydrogens (tertiary/aromatic N) is 2. The Labute approximate surface area is 166 Å². The highest BCUT2D eigenvalue weighted by atomic mass is 16.7. The molecule has 1 atom stereocenters. The van der Waals surface area contributed by atoms with Crippen LogP contribution in [0.3, 0.4) is 0 Å². The van der Waals surface area contributed by atoms with Gasteiger partial charge in [0, 0.05) is 23.1 Å². The molecule has 0 amide bonds. The van der Waals surface area contributed by atoms with Crippen molar-refractivity contribution in [3.63, 3.8) is 0 Å². The maximum atomic E-state index is 5.65. The van der Waals surface area contributed by atoms with Gasteiger partial charge in [-0.1, -0.05) is 48.6 Å². The van der Waals surface area contributed by atoms with E-state index in [4.69, 9.17) is 13.9 Å². The van der Waals surface area contributed by atoms with Crippen molar-refractivity contribution in [3.8, 4) is 23.1 Å². The fraction of sp³-hybridized carbons (Fsp3) is 0.130. The summed E-state index contributed by atoms with van der Waals surface area (Å²) in [6.07, 6.45) is 8.27. The Morgan fingerprint density at radius 3 is 2.72 bits per heavy atom. The standard InChI is InChI=1S/C23H17N3O3/c1-2-4-15(5-3-1)23(16-6-7-19-20(12-16)29-14-28-19)9-8-17-18(13-23)25-26-21(17)22-24-10-11-27-22/h1-12H,13-14H2,(H,25,26). The third-order valence-corrected chi connectivity index (χ3v) is 5.68. The van der Waals surface area contributed by atoms with Crippen molar-refractivity contribution in [3.05, 3.63) is 89.5 Å². The Hall–Kier alpha value is -3.80. The van der Waals surface area contributed by atoms with E-state index in [2.05, 4.69) is 63.7 Å². The highest BCUT2D eigenvalue weighted by molar-refractivity contribution is 5.73. The number of allylic oxidation sites excluding steroid dienone is 1. The minimum Gasteiger partial charge on any atom is -0.454 e. The van der Waals surface area contributed by atoms with E-state index in [1.165, 1.54) is 5.56 Å². The molecule has 2 aromatic carbocycles. The average Bonchev–Trinajstić information content (AvgIpc) is 3.53. The molecule has 2 aromatic heterocycles. The number of aromatic amines is 1. The number of aromatic nitrogens is 3. The Morgan fingerprint density at radius 1 is 0.966 bits per heavy atom. The van der Waals surface area contributed by atoms with Gasteiger partial charge >= 0.3 is 0 Å². The normalized spacial score (nSPS) is 19.3. The first-order valence-electron chi connectivity index (χ1n) is 9.45. The van der Waals surface area contributed by atoms with Gasteiger partial charge < -0.3 is 13.9 Å². The minimum absolute atomic E-state index is 0.261. The van der Waals surface area contributed by atoms with E-state index in [1.807, 2.05) is 12.1 Å². The number of oxazole rings is 1. The molecule has 0 radical (unpaired) electrons. The molecule has 142 valence electrons. The molecular formula is C23H17N3O3. The first kappa shape index (κ1) is 16.2. The van der Waals surface area contributed by atoms with Crippen molar-refractivity contribution in [2.75, 3.05) is 6.79 Å². The number of rotatable bonds is 3. The topological polar surface area (TPSA) is 73.2 Å². The second-order valence-corrected chi connectivity index (χ2v) is 7.22. The van der Waals surface area contributed by atoms with Crippen LogP contribution in [0.15, 0.2) is 71.5 Å². The van der Waals surface area contributed by atoms with E-state index in [0.29, 0.717) is 5.89 Å². The zero-order valence-corrected chi connectivity index (χ0v) is 15.5. The Morgan fingerprint density at radius 2 is 1.86 bits per heavy atom. The number of hydrogen-bond donors (Lipinski definition) is 1. The molecule has 0 spiro atoms. The molecule has 0 saturated heterocycles. The summed E-state index contributed by atoms with van der Waals surface area (Å²) in [5.41, 5.74) is 4.78. The lowest BCUT2D eigenvalue weighted by Crippen LogP contribution is -2.30. The molecule has 0 bridgehead atoms. The van der Waals surface area contributed by atoms with Crippen LogP contribution in [0.2, 0.25) is 0 Å². The van der Waals surface area contributed by atoms with E-state index in [-0.39, 0.29) is 12.2 Å². The van der Waals surface area contributed by atoms with Gasteiger partial charge in [-0.3, -0.25) is 5.10 Å². The molecule has 6 heteroatoms. The molecule has 29 heavy (non-hydrogen) atoms. The number of H-pyrrole nitrogens is 1. The third-order valence-electron chi connectivity index (χ3n) is 5.68. The van der Waals surface area contributed by atoms with Crippen molar-refractivity contribution >= 4 is 6.08 Å². The maximum absolute atomic E-state index is 5.65. The summed E-state index contributed by atoms with van der Waals surface area (Å²) in [4.78, 5) is 4.25. The summed E-state index contributed by atoms with van der Waals surface area (Å²) in [5, 5.41) is 7.68. The van der Waals surface area contributed by atoms with Crippen LogP contribution < -0.4 is 9.47 Å². The molecule has 6 nitrogen and oxygen atoms in total. The zero-order valence-electron chi connectivity index (χ0n) is 15.5. The van der Waals surface area contributed by atoms with Crippen LogP contribution in [0.1, 0.15) is 22.4 Å². The van der Waals surface area contributed by atoms with Crippen molar-refractivity contribution in [2.24, 2.45) is 0 Å². The molecule has 0 saturated carbocycles. The van der Waals surface area contributed by atoms with Crippen molar-refractivity contribution in [1.29, 1.82) is 0 Å². The van der Waals surface area contributed by atoms with Gasteiger partial charge in [0.1, 0.15) is 6.26 Å². The van der Waals surface area contributed by atoms with E-state index >= 15 is 0 Å². The molecule has 4 aromatic rings. The van der Waals surface area contributed by atoms with Gasteiger partial charge in [0.05, 0.1) is 6.20 Å². The van der Waals surface area contributed by atoms with Crippen LogP contribution in [0.25, 0.3) is 17.7 Å². The largest absolute Gasteiger partial charge is 0.454 e. The number of nitrogens with one attached hydrogen (secondary N) is 1. The van der Waals surface area contributed by atoms with Crippen molar-refractivity contribution < 1.29 is 13.9 Å². The Balaban J connectivity index is 1.51. The van der Waals surface area contributed by atoms with Crippen LogP contribution in [0.5, 0.6) is 11.5 Å². The first-order valence-corrected chi connectivity index (χ1v) is 9.45. The van der Waals surface area contributed by atoms with Crippen LogP contribution in [0, 0.1) is 0 Å². The molecule has 0 fully saturated rings. The smallest absolute Gasteiger partial charge is 0.247 e. The fourth-order valence-corrected chi connectivity index (χ4v) is 4.24. The quantitative estimate of drug-likeness (QED) is 0.569. The number of fused-ring (bicyclic) bond motifs is 2. The SMILES string of the molecule is C1=CC(c2ccccc2)(c2ccc3c(c2)OCO3)Cc2[nH]nc(-c3ncco3)c21. The number of benzene rings is 2. The van der Waals surface area contributed by atoms with Crippen molar-refractivity contribution in [1.82, 2.24) is 15.2 Å². The highest BCUT2D eigenvalue weighted by Crippen LogP contribution is 2.45. The average molecular weight is 383 g/mol. The molecule has 2 aliphatic rings. The lowest BCUT2D eigenvalue weighted by atomic mass is 9.68. The molecule has 6 rings (SSSR count). The van der Waals surface area contributed by atoms with Crippen LogP contribution in [-0.4, -0.2) is 22.0 Å². The van der Waals surface area contributed by atoms with Gasteiger partial charge in [-0.2, -0.15) is 5.10 Å². The lowest BCUT2D eigenvalue weighted by Gasteiger charge is -2.34. The summed E-state index contributed by atoms with van der Waals surface area (Å²) < 4.78 is 16.6. The van der Waals surface area contributed by atoms with Gasteiger partial charge in [-0.05, 0) is 23.3 Å². The predicted molar refractivity (Wildman–Crippen MR) is 107 cm³/mol. The predicted octanol–water partition coefficient (Wildman–Crippen LogP) is 4.35. The molecule has 1 N–H and O–H groups in total. The zero-order chi connectivity index (χ0) is 19.3. The van der Waals surface area contributed by atoms with Gasteiger partial charge in [-0.25, -0.2) is 4.98 Å². The Kier molecular flexibility index (Phi) is 3.41. The second-order valence-electron chi connectivity index (χ2n) is 7.22. The van der Waals surface area contributed by atoms with E-state index < -0.39 is 0 Å². The molecule has 1 aliphatic carbocycles. The second kappa shape index (κ2) is 6.10. The molecule has 1 unspecified atom stereocenters. The van der Waals surface area contributed by atoms with Gasteiger partial charge in [0.2, 0.25) is 12.7 Å². The first-order chi connectivity index (χ1) is 14.3. The minimum atomic E-state index is -0.352. The monoisotopic (exact) mass is 383 g/mol. The van der Waals surface area contributed by atoms with Gasteiger partial charge in [-0.15, -0.1) is 0 Å². The van der Waals surface area contributed by atoms with Gasteiger partial charge in [0.15, 0.2) is 17.2 Å². The summed E-state index contributed by atoms with van der Waals surface area (Å²) in [5.74, 6) is 2.08. The highest BCUT2D eigenvalue weighted by Gasteiger charge is 2.38. The van der Waals surface area contributed by atoms with E-state index in [0.717, 1.165) is 40.4 Å². The Bertz CT molecular complexity index is 1210. The number of hydrogen-bond acceptors (Lipinski definition) is 5. The molecule has 1 aliphatic heterocycles. The van der Waals surface area contributed by atoms with E-state index in [1.54, 1.807) is 12.5 Å². The lowest BCUT2D eigenvalue weighted by molar-refractivity contribution is 0.174. The molecule has 3 heterocycles. The van der Waals surface area contributed by atoms with Crippen LogP contribution in [-0.2, 0) is 11.8 Å². The van der Waals surface area contributed by atoms with Gasteiger partial charge in [0.25, 0.3) is 0 Å². The molecular weight excluding hydrogens is 366 g/mol. The van der Waals surface area contributed by atoms with Crippen LogP contribution >= 0.6 is 0 Å².